The monoisotopic (exact) mass is 342 g/mol. The number of thiocarbonyl (C=S) groups is 1. The molecule has 4 heteroatoms. The van der Waals surface area contributed by atoms with Gasteiger partial charge in [0.25, 0.3) is 0 Å². The van der Waals surface area contributed by atoms with E-state index in [1.807, 2.05) is 30.3 Å². The zero-order valence-electron chi connectivity index (χ0n) is 14.0. The molecule has 0 radical (unpaired) electrons. The van der Waals surface area contributed by atoms with Crippen LogP contribution in [0, 0.1) is 23.2 Å². The quantitative estimate of drug-likeness (QED) is 0.592. The number of hydrogen-bond acceptors (Lipinski definition) is 4. The number of fused-ring (bicyclic) bond motifs is 1. The van der Waals surface area contributed by atoms with E-state index in [1.54, 1.807) is 0 Å². The third kappa shape index (κ3) is 2.31. The summed E-state index contributed by atoms with van der Waals surface area (Å²) in [5.41, 5.74) is 1.33. The molecule has 1 aromatic carbocycles. The molecule has 0 aliphatic heterocycles. The molecule has 5 atom stereocenters. The molecule has 4 aliphatic carbocycles. The third-order valence-electron chi connectivity index (χ3n) is 6.28. The van der Waals surface area contributed by atoms with E-state index < -0.39 is 0 Å². The Bertz CT molecular complexity index is 711. The molecule has 5 unspecified atom stereocenters. The highest BCUT2D eigenvalue weighted by atomic mass is 32.1. The van der Waals surface area contributed by atoms with E-state index in [2.05, 4.69) is 19.9 Å². The van der Waals surface area contributed by atoms with Gasteiger partial charge in [-0.3, -0.25) is 4.79 Å². The lowest BCUT2D eigenvalue weighted by molar-refractivity contribution is -0.164. The van der Waals surface area contributed by atoms with Crippen LogP contribution in [0.1, 0.15) is 33.1 Å². The van der Waals surface area contributed by atoms with Crippen LogP contribution in [0.25, 0.3) is 0 Å². The van der Waals surface area contributed by atoms with Gasteiger partial charge in [-0.25, -0.2) is 0 Å². The van der Waals surface area contributed by atoms with E-state index >= 15 is 0 Å². The van der Waals surface area contributed by atoms with Crippen molar-refractivity contribution in [2.45, 2.75) is 39.2 Å². The van der Waals surface area contributed by atoms with Gasteiger partial charge in [-0.05, 0) is 43.7 Å². The Labute approximate surface area is 148 Å². The van der Waals surface area contributed by atoms with Gasteiger partial charge in [0.05, 0.1) is 5.92 Å². The lowest BCUT2D eigenvalue weighted by atomic mass is 9.45. The van der Waals surface area contributed by atoms with Crippen LogP contribution in [0.3, 0.4) is 0 Å². The number of benzene rings is 1. The second-order valence-corrected chi connectivity index (χ2v) is 7.85. The second kappa shape index (κ2) is 5.69. The third-order valence-corrected chi connectivity index (χ3v) is 6.46. The van der Waals surface area contributed by atoms with Crippen molar-refractivity contribution in [3.63, 3.8) is 0 Å². The van der Waals surface area contributed by atoms with Crippen LogP contribution in [0.5, 0.6) is 5.75 Å². The SMILES string of the molecule is CC1=CCC2C(=O)C3CCC2(C)C1C3OC(=S)Oc1ccccc1. The number of para-hydroxylation sites is 1. The van der Waals surface area contributed by atoms with Crippen molar-refractivity contribution >= 4 is 23.2 Å². The first-order valence-corrected chi connectivity index (χ1v) is 9.05. The zero-order valence-corrected chi connectivity index (χ0v) is 14.8. The summed E-state index contributed by atoms with van der Waals surface area (Å²) in [5.74, 6) is 1.37. The van der Waals surface area contributed by atoms with Crippen molar-refractivity contribution < 1.29 is 14.3 Å². The Hall–Kier alpha value is -1.68. The topological polar surface area (TPSA) is 35.5 Å². The summed E-state index contributed by atoms with van der Waals surface area (Å²) in [6, 6.07) is 9.40. The minimum atomic E-state index is -0.194. The molecule has 0 spiro atoms. The van der Waals surface area contributed by atoms with E-state index in [-0.39, 0.29) is 34.5 Å². The summed E-state index contributed by atoms with van der Waals surface area (Å²) in [7, 11) is 0. The highest BCUT2D eigenvalue weighted by molar-refractivity contribution is 7.79. The maximum absolute atomic E-state index is 12.9. The smallest absolute Gasteiger partial charge is 0.358 e. The van der Waals surface area contributed by atoms with Gasteiger partial charge < -0.3 is 9.47 Å². The normalized spacial score (nSPS) is 36.9. The predicted octanol–water partition coefficient (Wildman–Crippen LogP) is 4.32. The van der Waals surface area contributed by atoms with Crippen LogP contribution >= 0.6 is 12.2 Å². The zero-order chi connectivity index (χ0) is 16.9. The number of carbonyl (C=O) groups excluding carboxylic acids is 1. The molecule has 3 fully saturated rings. The number of hydrogen-bond donors (Lipinski definition) is 0. The number of ether oxygens (including phenoxy) is 2. The summed E-state index contributed by atoms with van der Waals surface area (Å²) >= 11 is 5.32. The van der Waals surface area contributed by atoms with E-state index in [4.69, 9.17) is 21.7 Å². The summed E-state index contributed by atoms with van der Waals surface area (Å²) in [5, 5.41) is 0.116. The molecule has 4 aliphatic rings. The Morgan fingerprint density at radius 3 is 2.79 bits per heavy atom. The molecule has 4 bridgehead atoms. The van der Waals surface area contributed by atoms with Crippen molar-refractivity contribution in [2.24, 2.45) is 23.2 Å². The number of rotatable bonds is 2. The van der Waals surface area contributed by atoms with Crippen LogP contribution < -0.4 is 4.74 Å². The van der Waals surface area contributed by atoms with Crippen LogP contribution in [-0.2, 0) is 9.53 Å². The standard InChI is InChI=1S/C20H22O3S/c1-12-8-9-15-17(21)14-10-11-20(15,2)16(12)18(14)23-19(24)22-13-6-4-3-5-7-13/h3-8,14-16,18H,9-11H2,1-2H3. The Balaban J connectivity index is 1.58. The van der Waals surface area contributed by atoms with E-state index in [0.29, 0.717) is 11.5 Å². The van der Waals surface area contributed by atoms with Crippen LogP contribution in [0.2, 0.25) is 0 Å². The molecule has 126 valence electrons. The number of ketones is 1. The first-order chi connectivity index (χ1) is 11.5. The molecule has 0 amide bonds. The largest absolute Gasteiger partial charge is 0.452 e. The molecular formula is C20H22O3S. The first kappa shape index (κ1) is 15.8. The van der Waals surface area contributed by atoms with E-state index in [0.717, 1.165) is 19.3 Å². The van der Waals surface area contributed by atoms with Gasteiger partial charge >= 0.3 is 5.24 Å². The van der Waals surface area contributed by atoms with Crippen LogP contribution in [0.15, 0.2) is 42.0 Å². The fourth-order valence-electron chi connectivity index (χ4n) is 5.14. The van der Waals surface area contributed by atoms with Crippen molar-refractivity contribution in [3.8, 4) is 5.75 Å². The highest BCUT2D eigenvalue weighted by Gasteiger charge is 2.62. The average molecular weight is 342 g/mol. The molecule has 0 heterocycles. The molecule has 1 aromatic rings. The lowest BCUT2D eigenvalue weighted by Crippen LogP contribution is -2.62. The molecule has 3 nitrogen and oxygen atoms in total. The molecule has 3 saturated carbocycles. The van der Waals surface area contributed by atoms with E-state index in [9.17, 15) is 4.79 Å². The summed E-state index contributed by atoms with van der Waals surface area (Å²) < 4.78 is 11.7. The number of carbonyl (C=O) groups is 1. The molecular weight excluding hydrogens is 320 g/mol. The highest BCUT2D eigenvalue weighted by Crippen LogP contribution is 2.61. The number of Topliss-reactive ketones (excluding diaryl/α,β-unsaturated/α-hetero) is 1. The fourth-order valence-corrected chi connectivity index (χ4v) is 5.35. The summed E-state index contributed by atoms with van der Waals surface area (Å²) in [6.45, 7) is 4.42. The van der Waals surface area contributed by atoms with Crippen LogP contribution in [-0.4, -0.2) is 17.1 Å². The second-order valence-electron chi connectivity index (χ2n) is 7.52. The minimum absolute atomic E-state index is 0.00229. The predicted molar refractivity (Wildman–Crippen MR) is 95.7 cm³/mol. The summed E-state index contributed by atoms with van der Waals surface area (Å²) in [6.07, 6.45) is 4.89. The van der Waals surface area contributed by atoms with Crippen molar-refractivity contribution in [3.05, 3.63) is 42.0 Å². The molecule has 0 aromatic heterocycles. The average Bonchev–Trinajstić information content (AvgIpc) is 2.54. The van der Waals surface area contributed by atoms with Crippen LogP contribution in [0.4, 0.5) is 0 Å². The molecule has 24 heavy (non-hydrogen) atoms. The Kier molecular flexibility index (Phi) is 3.75. The molecule has 5 rings (SSSR count). The lowest BCUT2D eigenvalue weighted by Gasteiger charge is -2.59. The maximum Gasteiger partial charge on any atom is 0.358 e. The van der Waals surface area contributed by atoms with Crippen molar-refractivity contribution in [2.75, 3.05) is 0 Å². The van der Waals surface area contributed by atoms with Gasteiger partial charge in [-0.1, -0.05) is 36.8 Å². The van der Waals surface area contributed by atoms with Gasteiger partial charge in [-0.15, -0.1) is 0 Å². The maximum atomic E-state index is 12.9. The van der Waals surface area contributed by atoms with Gasteiger partial charge in [0.2, 0.25) is 0 Å². The van der Waals surface area contributed by atoms with Gasteiger partial charge in [0.15, 0.2) is 0 Å². The molecule has 0 saturated heterocycles. The minimum Gasteiger partial charge on any atom is -0.452 e. The number of allylic oxidation sites excluding steroid dienone is 1. The Morgan fingerprint density at radius 1 is 1.29 bits per heavy atom. The molecule has 0 N–H and O–H groups in total. The van der Waals surface area contributed by atoms with Gasteiger partial charge in [-0.2, -0.15) is 0 Å². The van der Waals surface area contributed by atoms with Gasteiger partial charge in [0, 0.05) is 24.1 Å². The van der Waals surface area contributed by atoms with Crippen molar-refractivity contribution in [1.82, 2.24) is 0 Å². The summed E-state index contributed by atoms with van der Waals surface area (Å²) in [4.78, 5) is 12.9. The fraction of sp³-hybridized carbons (Fsp3) is 0.500. The van der Waals surface area contributed by atoms with E-state index in [1.165, 1.54) is 5.57 Å². The first-order valence-electron chi connectivity index (χ1n) is 8.64. The Morgan fingerprint density at radius 2 is 2.04 bits per heavy atom. The van der Waals surface area contributed by atoms with Crippen molar-refractivity contribution in [1.29, 1.82) is 0 Å². The van der Waals surface area contributed by atoms with Gasteiger partial charge in [0.1, 0.15) is 17.6 Å².